The van der Waals surface area contributed by atoms with Gasteiger partial charge in [-0.1, -0.05) is 39.8 Å². The Morgan fingerprint density at radius 1 is 1.31 bits per heavy atom. The lowest BCUT2D eigenvalue weighted by Crippen LogP contribution is -2.41. The van der Waals surface area contributed by atoms with Crippen LogP contribution >= 0.6 is 0 Å². The molecule has 0 saturated heterocycles. The van der Waals surface area contributed by atoms with Gasteiger partial charge in [-0.25, -0.2) is 9.97 Å². The van der Waals surface area contributed by atoms with E-state index in [1.54, 1.807) is 32.5 Å². The highest BCUT2D eigenvalue weighted by Crippen LogP contribution is 2.54. The van der Waals surface area contributed by atoms with Gasteiger partial charge in [-0.05, 0) is 104 Å². The molecule has 3 aromatic rings. The van der Waals surface area contributed by atoms with E-state index < -0.39 is 21.9 Å². The fourth-order valence-electron chi connectivity index (χ4n) is 6.92. The molecule has 2 aromatic heterocycles. The zero-order chi connectivity index (χ0) is 34.8. The van der Waals surface area contributed by atoms with E-state index in [1.807, 2.05) is 31.2 Å². The quantitative estimate of drug-likeness (QED) is 0.152. The molecule has 0 saturated carbocycles. The van der Waals surface area contributed by atoms with E-state index in [-0.39, 0.29) is 35.7 Å². The largest absolute Gasteiger partial charge is 0.772 e. The van der Waals surface area contributed by atoms with E-state index in [0.29, 0.717) is 17.4 Å². The van der Waals surface area contributed by atoms with Crippen LogP contribution in [0.15, 0.2) is 70.6 Å². The molecule has 6 atom stereocenters. The number of nitrogens with one attached hydrogen (secondary N) is 2. The van der Waals surface area contributed by atoms with E-state index >= 15 is 0 Å². The average Bonchev–Trinajstić information content (AvgIpc) is 3.58. The highest BCUT2D eigenvalue weighted by Gasteiger charge is 2.43. The molecule has 1 aromatic carbocycles. The highest BCUT2D eigenvalue weighted by atomic mass is 32.2. The van der Waals surface area contributed by atoms with Gasteiger partial charge in [0, 0.05) is 29.2 Å². The maximum absolute atomic E-state index is 12.2. The SMILES string of the molecule is C=C1c2ccnc(Nc3ccc4c(c3)C(C(C)/C(=C\C)C(=N)C(C)(C)S(=O)[O-])C(C)(CC)CCC(C)O4)c2N=CC1OCc1ncco1. The first kappa shape index (κ1) is 35.4. The third kappa shape index (κ3) is 6.95. The molecule has 0 aliphatic carbocycles. The smallest absolute Gasteiger partial charge is 0.219 e. The number of hydrogen-bond donors (Lipinski definition) is 2. The molecule has 4 heterocycles. The first-order valence-electron chi connectivity index (χ1n) is 16.5. The first-order chi connectivity index (χ1) is 22.8. The highest BCUT2D eigenvalue weighted by molar-refractivity contribution is 7.81. The molecule has 2 aliphatic rings. The summed E-state index contributed by atoms with van der Waals surface area (Å²) >= 11 is -2.46. The van der Waals surface area contributed by atoms with Gasteiger partial charge < -0.3 is 29.2 Å². The predicted molar refractivity (Wildman–Crippen MR) is 190 cm³/mol. The number of allylic oxidation sites excluding steroid dienone is 2. The van der Waals surface area contributed by atoms with Gasteiger partial charge in [0.2, 0.25) is 5.89 Å². The summed E-state index contributed by atoms with van der Waals surface area (Å²) in [6.07, 6.45) is 10.7. The summed E-state index contributed by atoms with van der Waals surface area (Å²) in [7, 11) is 0. The molecular formula is C37H46N5O5S-. The zero-order valence-corrected chi connectivity index (χ0v) is 29.6. The molecule has 11 heteroatoms. The fraction of sp³-hybridized carbons (Fsp3) is 0.459. The Labute approximate surface area is 286 Å². The van der Waals surface area contributed by atoms with Crippen molar-refractivity contribution in [3.63, 3.8) is 0 Å². The van der Waals surface area contributed by atoms with Crippen LogP contribution in [-0.2, 0) is 22.4 Å². The van der Waals surface area contributed by atoms with Crippen molar-refractivity contribution in [1.82, 2.24) is 9.97 Å². The molecule has 256 valence electrons. The van der Waals surface area contributed by atoms with Crippen LogP contribution in [0, 0.1) is 16.7 Å². The molecule has 0 bridgehead atoms. The van der Waals surface area contributed by atoms with E-state index in [1.165, 1.54) is 6.26 Å². The molecule has 6 unspecified atom stereocenters. The van der Waals surface area contributed by atoms with Crippen LogP contribution in [0.3, 0.4) is 0 Å². The van der Waals surface area contributed by atoms with Crippen molar-refractivity contribution < 1.29 is 22.7 Å². The Morgan fingerprint density at radius 3 is 2.75 bits per heavy atom. The average molecular weight is 673 g/mol. The van der Waals surface area contributed by atoms with Gasteiger partial charge in [0.25, 0.3) is 0 Å². The minimum absolute atomic E-state index is 0.0212. The number of pyridine rings is 1. The lowest BCUT2D eigenvalue weighted by molar-refractivity contribution is 0.103. The van der Waals surface area contributed by atoms with Crippen molar-refractivity contribution in [2.75, 3.05) is 5.32 Å². The maximum Gasteiger partial charge on any atom is 0.219 e. The number of aromatic nitrogens is 2. The van der Waals surface area contributed by atoms with Crippen molar-refractivity contribution in [2.45, 2.75) is 97.2 Å². The number of ether oxygens (including phenoxy) is 2. The van der Waals surface area contributed by atoms with Gasteiger partial charge in [0.1, 0.15) is 30.4 Å². The number of rotatable bonds is 11. The summed E-state index contributed by atoms with van der Waals surface area (Å²) in [5.74, 6) is 1.59. The molecule has 0 spiro atoms. The Morgan fingerprint density at radius 2 is 2.08 bits per heavy atom. The third-order valence-electron chi connectivity index (χ3n) is 10.0. The number of oxazole rings is 1. The van der Waals surface area contributed by atoms with Crippen LogP contribution < -0.4 is 10.1 Å². The standard InChI is InChI=1S/C37H47N5O5S/c1-9-26(34(38)36(6,7)48(43)44)24(5)32-28-19-25(11-12-29(28)47-22(3)13-15-37(32,8)10-2)42-35-33-27(14-16-40-35)23(4)30(20-41-33)46-21-31-39-17-18-45-31/h9,11-12,14,16-20,22,24,30,32,38H,4,10,13,15,21H2,1-3,5-8H3,(H,40,42)(H,43,44)/p-1/b26-9+,38-34?. The van der Waals surface area contributed by atoms with Gasteiger partial charge in [0.05, 0.1) is 22.8 Å². The van der Waals surface area contributed by atoms with Crippen molar-refractivity contribution >= 4 is 45.8 Å². The monoisotopic (exact) mass is 672 g/mol. The number of anilines is 2. The number of fused-ring (bicyclic) bond motifs is 2. The van der Waals surface area contributed by atoms with Gasteiger partial charge in [0.15, 0.2) is 5.82 Å². The minimum Gasteiger partial charge on any atom is -0.772 e. The van der Waals surface area contributed by atoms with Crippen LogP contribution in [0.2, 0.25) is 0 Å². The molecule has 0 amide bonds. The van der Waals surface area contributed by atoms with Crippen molar-refractivity contribution in [2.24, 2.45) is 16.3 Å². The Hall–Kier alpha value is -3.93. The van der Waals surface area contributed by atoms with Gasteiger partial charge >= 0.3 is 0 Å². The van der Waals surface area contributed by atoms with E-state index in [0.717, 1.165) is 53.0 Å². The second-order valence-electron chi connectivity index (χ2n) is 13.5. The lowest BCUT2D eigenvalue weighted by atomic mass is 9.61. The number of benzene rings is 1. The number of hydrogen-bond acceptors (Lipinski definition) is 10. The fourth-order valence-corrected chi connectivity index (χ4v) is 7.20. The lowest BCUT2D eigenvalue weighted by Gasteiger charge is -2.45. The van der Waals surface area contributed by atoms with Crippen LogP contribution in [0.4, 0.5) is 17.2 Å². The summed E-state index contributed by atoms with van der Waals surface area (Å²) in [5.41, 5.74) is 4.74. The van der Waals surface area contributed by atoms with Crippen LogP contribution in [0.25, 0.3) is 5.57 Å². The number of nitrogens with zero attached hydrogens (tertiary/aromatic N) is 3. The minimum atomic E-state index is -2.46. The Kier molecular flexibility index (Phi) is 10.5. The topological polar surface area (TPSA) is 146 Å². The molecule has 0 radical (unpaired) electrons. The molecule has 5 rings (SSSR count). The van der Waals surface area contributed by atoms with Crippen LogP contribution in [0.5, 0.6) is 5.75 Å². The molecule has 2 aliphatic heterocycles. The van der Waals surface area contributed by atoms with Crippen molar-refractivity contribution in [3.8, 4) is 5.75 Å². The Balaban J connectivity index is 1.52. The maximum atomic E-state index is 12.2. The van der Waals surface area contributed by atoms with Crippen LogP contribution in [-0.4, -0.2) is 47.6 Å². The van der Waals surface area contributed by atoms with E-state index in [9.17, 15) is 8.76 Å². The van der Waals surface area contributed by atoms with Gasteiger partial charge in [-0.2, -0.15) is 0 Å². The van der Waals surface area contributed by atoms with Gasteiger partial charge in [-0.3, -0.25) is 9.20 Å². The Bertz CT molecular complexity index is 1750. The van der Waals surface area contributed by atoms with Crippen molar-refractivity contribution in [1.29, 1.82) is 5.41 Å². The summed E-state index contributed by atoms with van der Waals surface area (Å²) in [4.78, 5) is 13.5. The second kappa shape index (κ2) is 14.3. The molecule has 10 nitrogen and oxygen atoms in total. The summed E-state index contributed by atoms with van der Waals surface area (Å²) < 4.78 is 40.9. The summed E-state index contributed by atoms with van der Waals surface area (Å²) in [6.45, 7) is 18.3. The van der Waals surface area contributed by atoms with Crippen LogP contribution in [0.1, 0.15) is 90.7 Å². The van der Waals surface area contributed by atoms with Gasteiger partial charge in [-0.15, -0.1) is 0 Å². The zero-order valence-electron chi connectivity index (χ0n) is 28.8. The molecule has 0 fully saturated rings. The van der Waals surface area contributed by atoms with E-state index in [2.05, 4.69) is 55.6 Å². The molecule has 2 N–H and O–H groups in total. The normalized spacial score (nSPS) is 24.0. The molecule has 48 heavy (non-hydrogen) atoms. The second-order valence-corrected chi connectivity index (χ2v) is 15.0. The molecular weight excluding hydrogens is 627 g/mol. The summed E-state index contributed by atoms with van der Waals surface area (Å²) in [5, 5.41) is 12.6. The van der Waals surface area contributed by atoms with Crippen molar-refractivity contribution in [3.05, 3.63) is 78.2 Å². The predicted octanol–water partition coefficient (Wildman–Crippen LogP) is 8.45. The number of aliphatic imine (C=N–C) groups is 1. The first-order valence-corrected chi connectivity index (χ1v) is 17.5. The third-order valence-corrected chi connectivity index (χ3v) is 11.1. The van der Waals surface area contributed by atoms with E-state index in [4.69, 9.17) is 24.3 Å². The summed E-state index contributed by atoms with van der Waals surface area (Å²) in [6, 6.07) is 7.97.